The number of benzene rings is 1. The number of ether oxygens (including phenoxy) is 1. The molecule has 0 amide bonds. The van der Waals surface area contributed by atoms with Gasteiger partial charge in [0.1, 0.15) is 5.78 Å². The van der Waals surface area contributed by atoms with Crippen LogP contribution in [-0.4, -0.2) is 26.0 Å². The summed E-state index contributed by atoms with van der Waals surface area (Å²) in [5.74, 6) is 10.5. The van der Waals surface area contributed by atoms with Crippen molar-refractivity contribution in [3.05, 3.63) is 24.3 Å². The van der Waals surface area contributed by atoms with Crippen molar-refractivity contribution in [2.24, 2.45) is 52.2 Å². The number of fused-ring (bicyclic) bond motifs is 3. The maximum atomic E-state index is 13.6. The van der Waals surface area contributed by atoms with Crippen molar-refractivity contribution in [3.63, 3.8) is 0 Å². The summed E-state index contributed by atoms with van der Waals surface area (Å²) >= 11 is 0. The zero-order chi connectivity index (χ0) is 26.1. The van der Waals surface area contributed by atoms with Gasteiger partial charge >= 0.3 is 0 Å². The number of hydrogen-bond acceptors (Lipinski definition) is 5. The van der Waals surface area contributed by atoms with Gasteiger partial charge < -0.3 is 15.5 Å². The van der Waals surface area contributed by atoms with Crippen molar-refractivity contribution >= 4 is 17.2 Å². The van der Waals surface area contributed by atoms with E-state index in [0.717, 1.165) is 36.5 Å². The molecule has 4 N–H and O–H groups in total. The minimum atomic E-state index is 0.126. The molecule has 3 aliphatic rings. The molecule has 8 unspecified atom stereocenters. The molecule has 0 heterocycles. The first-order valence-corrected chi connectivity index (χ1v) is 14.5. The highest BCUT2D eigenvalue weighted by Gasteiger charge is 2.60. The number of hydrogen-bond donors (Lipinski definition) is 2. The Labute approximate surface area is 219 Å². The van der Waals surface area contributed by atoms with Crippen LogP contribution in [0.25, 0.3) is 0 Å². The lowest BCUT2D eigenvalue weighted by Crippen LogP contribution is -2.54. The van der Waals surface area contributed by atoms with Crippen LogP contribution in [-0.2, 0) is 9.53 Å². The van der Waals surface area contributed by atoms with Crippen LogP contribution in [0.5, 0.6) is 0 Å². The molecule has 4 rings (SSSR count). The van der Waals surface area contributed by atoms with Crippen molar-refractivity contribution in [2.75, 3.05) is 31.0 Å². The fourth-order valence-corrected chi connectivity index (χ4v) is 8.91. The number of para-hydroxylation sites is 2. The Morgan fingerprint density at radius 3 is 2.58 bits per heavy atom. The Kier molecular flexibility index (Phi) is 8.41. The van der Waals surface area contributed by atoms with Crippen molar-refractivity contribution in [1.29, 1.82) is 0 Å². The summed E-state index contributed by atoms with van der Waals surface area (Å²) < 4.78 is 5.89. The molecule has 36 heavy (non-hydrogen) atoms. The zero-order valence-corrected chi connectivity index (χ0v) is 23.5. The van der Waals surface area contributed by atoms with Gasteiger partial charge in [-0.3, -0.25) is 4.79 Å². The van der Waals surface area contributed by atoms with Gasteiger partial charge in [0.05, 0.1) is 18.0 Å². The predicted molar refractivity (Wildman–Crippen MR) is 149 cm³/mol. The molecule has 0 aliphatic heterocycles. The van der Waals surface area contributed by atoms with E-state index in [9.17, 15) is 4.79 Å². The first-order chi connectivity index (χ1) is 17.2. The molecular formula is C31H51N3O2. The number of nitrogen functional groups attached to an aromatic ring is 1. The van der Waals surface area contributed by atoms with Gasteiger partial charge in [-0.2, -0.15) is 0 Å². The van der Waals surface area contributed by atoms with Gasteiger partial charge in [-0.05, 0) is 97.5 Å². The molecule has 5 nitrogen and oxygen atoms in total. The van der Waals surface area contributed by atoms with Crippen LogP contribution in [0.1, 0.15) is 85.5 Å². The number of methoxy groups -OCH3 is 1. The third-order valence-corrected chi connectivity index (χ3v) is 11.1. The van der Waals surface area contributed by atoms with Crippen molar-refractivity contribution in [2.45, 2.75) is 85.5 Å². The Morgan fingerprint density at radius 2 is 1.89 bits per heavy atom. The zero-order valence-electron chi connectivity index (χ0n) is 23.5. The maximum Gasteiger partial charge on any atom is 0.138 e. The smallest absolute Gasteiger partial charge is 0.138 e. The number of ketones is 1. The molecule has 1 aromatic rings. The van der Waals surface area contributed by atoms with E-state index in [2.05, 4.69) is 27.7 Å². The normalized spacial score (nSPS) is 36.7. The number of nitrogens with two attached hydrogens (primary N) is 2. The number of carbonyl (C=O) groups is 1. The highest BCUT2D eigenvalue weighted by molar-refractivity contribution is 5.83. The van der Waals surface area contributed by atoms with Crippen LogP contribution in [0.4, 0.5) is 11.4 Å². The molecule has 3 saturated carbocycles. The van der Waals surface area contributed by atoms with Crippen molar-refractivity contribution < 1.29 is 9.53 Å². The fourth-order valence-electron chi connectivity index (χ4n) is 8.91. The summed E-state index contributed by atoms with van der Waals surface area (Å²) in [6.45, 7) is 11.1. The van der Waals surface area contributed by atoms with Crippen LogP contribution < -0.4 is 16.6 Å². The first kappa shape index (κ1) is 27.4. The number of anilines is 2. The predicted octanol–water partition coefficient (Wildman–Crippen LogP) is 6.47. The lowest BCUT2D eigenvalue weighted by atomic mass is 9.46. The molecule has 0 saturated heterocycles. The van der Waals surface area contributed by atoms with Crippen molar-refractivity contribution in [1.82, 2.24) is 0 Å². The van der Waals surface area contributed by atoms with Crippen LogP contribution in [0.15, 0.2) is 24.3 Å². The second kappa shape index (κ2) is 11.0. The largest absolute Gasteiger partial charge is 0.397 e. The molecule has 3 fully saturated rings. The van der Waals surface area contributed by atoms with E-state index in [1.807, 2.05) is 31.4 Å². The van der Waals surface area contributed by atoms with Gasteiger partial charge in [-0.1, -0.05) is 46.2 Å². The van der Waals surface area contributed by atoms with E-state index < -0.39 is 0 Å². The summed E-state index contributed by atoms with van der Waals surface area (Å²) in [6.07, 6.45) is 10.4. The van der Waals surface area contributed by atoms with Gasteiger partial charge in [0.2, 0.25) is 0 Å². The lowest BCUT2D eigenvalue weighted by Gasteiger charge is -2.59. The number of hydrazine groups is 1. The van der Waals surface area contributed by atoms with Gasteiger partial charge in [0, 0.05) is 26.0 Å². The number of carbonyl (C=O) groups excluding carboxylic acids is 1. The molecule has 202 valence electrons. The SMILES string of the molecule is CCC(C)CC1CCC2C(CCC3(C)C(C(=O)CCN(N)c4ccccc4N)CCC23)C1(C)COC. The monoisotopic (exact) mass is 497 g/mol. The molecule has 0 bridgehead atoms. The van der Waals surface area contributed by atoms with Crippen LogP contribution >= 0.6 is 0 Å². The average molecular weight is 498 g/mol. The molecule has 5 heteroatoms. The van der Waals surface area contributed by atoms with Gasteiger partial charge in [-0.15, -0.1) is 0 Å². The van der Waals surface area contributed by atoms with Crippen LogP contribution in [0.3, 0.4) is 0 Å². The second-order valence-corrected chi connectivity index (χ2v) is 13.0. The summed E-state index contributed by atoms with van der Waals surface area (Å²) in [4.78, 5) is 13.6. The van der Waals surface area contributed by atoms with E-state index in [4.69, 9.17) is 16.3 Å². The van der Waals surface area contributed by atoms with Crippen LogP contribution in [0.2, 0.25) is 0 Å². The minimum absolute atomic E-state index is 0.126. The third-order valence-electron chi connectivity index (χ3n) is 11.1. The number of nitrogens with zero attached hydrogens (tertiary/aromatic N) is 1. The molecule has 3 aliphatic carbocycles. The maximum absolute atomic E-state index is 13.6. The fraction of sp³-hybridized carbons (Fsp3) is 0.774. The first-order valence-electron chi connectivity index (χ1n) is 14.5. The van der Waals surface area contributed by atoms with Gasteiger partial charge in [0.25, 0.3) is 0 Å². The molecule has 0 radical (unpaired) electrons. The van der Waals surface area contributed by atoms with Gasteiger partial charge in [-0.25, -0.2) is 5.84 Å². The Morgan fingerprint density at radius 1 is 1.14 bits per heavy atom. The molecule has 0 aromatic heterocycles. The van der Waals surface area contributed by atoms with Crippen LogP contribution in [0, 0.1) is 46.3 Å². The molecule has 1 aromatic carbocycles. The summed E-state index contributed by atoms with van der Waals surface area (Å²) in [5.41, 5.74) is 7.92. The Bertz CT molecular complexity index is 906. The van der Waals surface area contributed by atoms with E-state index in [-0.39, 0.29) is 16.7 Å². The molecule has 0 spiro atoms. The quantitative estimate of drug-likeness (QED) is 0.220. The standard InChI is InChI=1S/C31H51N3O2/c1-6-21(2)19-22-11-12-23-24-13-14-26(30(24,3)17-15-25(23)31(22,4)20-36-5)29(35)16-18-34(33)28-10-8-7-9-27(28)32/h7-10,21-26H,6,11-20,32-33H2,1-5H3. The summed E-state index contributed by atoms with van der Waals surface area (Å²) in [6, 6.07) is 7.61. The highest BCUT2D eigenvalue weighted by atomic mass is 16.5. The van der Waals surface area contributed by atoms with Gasteiger partial charge in [0.15, 0.2) is 0 Å². The number of rotatable bonds is 10. The van der Waals surface area contributed by atoms with E-state index in [0.29, 0.717) is 36.3 Å². The highest BCUT2D eigenvalue weighted by Crippen LogP contribution is 2.66. The summed E-state index contributed by atoms with van der Waals surface area (Å²) in [5, 5.41) is 1.65. The molecular weight excluding hydrogens is 446 g/mol. The van der Waals surface area contributed by atoms with Crippen molar-refractivity contribution in [3.8, 4) is 0 Å². The Hall–Kier alpha value is -1.59. The summed E-state index contributed by atoms with van der Waals surface area (Å²) in [7, 11) is 1.89. The topological polar surface area (TPSA) is 81.6 Å². The Balaban J connectivity index is 1.45. The average Bonchev–Trinajstić information content (AvgIpc) is 3.21. The molecule has 8 atom stereocenters. The third kappa shape index (κ3) is 4.95. The van der Waals surface area contributed by atoms with E-state index in [1.54, 1.807) is 5.01 Å². The van der Waals surface area contributed by atoms with E-state index in [1.165, 1.54) is 44.9 Å². The second-order valence-electron chi connectivity index (χ2n) is 13.0. The lowest BCUT2D eigenvalue weighted by molar-refractivity contribution is -0.139. The van der Waals surface area contributed by atoms with E-state index >= 15 is 0 Å². The minimum Gasteiger partial charge on any atom is -0.397 e. The number of Topliss-reactive ketones (excluding diaryl/α,β-unsaturated/α-hetero) is 1.